The van der Waals surface area contributed by atoms with Gasteiger partial charge in [0.15, 0.2) is 0 Å². The molecule has 1 saturated heterocycles. The fourth-order valence-electron chi connectivity index (χ4n) is 3.65. The standard InChI is InChI=1S/C22H27N3O3/c1-15(2)22(27)25-13-19(17-7-4-8-18(10-17)28-3)20(14-25)21(26)24-12-16-6-5-9-23-11-16/h4-11,15,19-20H,12-14H2,1-3H3,(H,24,26)/t19-,20+/m1/s1. The van der Waals surface area contributed by atoms with E-state index >= 15 is 0 Å². The van der Waals surface area contributed by atoms with E-state index in [2.05, 4.69) is 10.3 Å². The van der Waals surface area contributed by atoms with Crippen LogP contribution in [0.1, 0.15) is 30.9 Å². The molecule has 1 aromatic carbocycles. The average Bonchev–Trinajstić information content (AvgIpc) is 3.17. The van der Waals surface area contributed by atoms with E-state index in [4.69, 9.17) is 4.74 Å². The third kappa shape index (κ3) is 4.50. The van der Waals surface area contributed by atoms with Gasteiger partial charge in [-0.3, -0.25) is 14.6 Å². The van der Waals surface area contributed by atoms with E-state index in [-0.39, 0.29) is 29.6 Å². The van der Waals surface area contributed by atoms with Gasteiger partial charge < -0.3 is 15.0 Å². The van der Waals surface area contributed by atoms with Crippen molar-refractivity contribution < 1.29 is 14.3 Å². The van der Waals surface area contributed by atoms with Crippen LogP contribution in [0.15, 0.2) is 48.8 Å². The number of benzene rings is 1. The highest BCUT2D eigenvalue weighted by Crippen LogP contribution is 2.35. The molecule has 1 aliphatic heterocycles. The Kier molecular flexibility index (Phi) is 6.29. The smallest absolute Gasteiger partial charge is 0.225 e. The number of likely N-dealkylation sites (tertiary alicyclic amines) is 1. The Balaban J connectivity index is 1.79. The summed E-state index contributed by atoms with van der Waals surface area (Å²) in [4.78, 5) is 31.4. The molecular weight excluding hydrogens is 354 g/mol. The highest BCUT2D eigenvalue weighted by Gasteiger charge is 2.40. The average molecular weight is 381 g/mol. The van der Waals surface area contributed by atoms with E-state index in [0.29, 0.717) is 19.6 Å². The molecule has 2 aromatic rings. The number of nitrogens with one attached hydrogen (secondary N) is 1. The lowest BCUT2D eigenvalue weighted by Crippen LogP contribution is -2.36. The predicted octanol–water partition coefficient (Wildman–Crippen LogP) is 2.60. The summed E-state index contributed by atoms with van der Waals surface area (Å²) >= 11 is 0. The number of hydrogen-bond acceptors (Lipinski definition) is 4. The number of aromatic nitrogens is 1. The van der Waals surface area contributed by atoms with Crippen LogP contribution in [-0.2, 0) is 16.1 Å². The number of methoxy groups -OCH3 is 1. The Morgan fingerprint density at radius 3 is 2.75 bits per heavy atom. The summed E-state index contributed by atoms with van der Waals surface area (Å²) in [5.41, 5.74) is 1.96. The first-order valence-corrected chi connectivity index (χ1v) is 9.59. The quantitative estimate of drug-likeness (QED) is 0.835. The maximum Gasteiger partial charge on any atom is 0.225 e. The molecule has 148 valence electrons. The predicted molar refractivity (Wildman–Crippen MR) is 107 cm³/mol. The van der Waals surface area contributed by atoms with Crippen LogP contribution in [0.25, 0.3) is 0 Å². The van der Waals surface area contributed by atoms with Crippen molar-refractivity contribution in [1.82, 2.24) is 15.2 Å². The molecule has 3 rings (SSSR count). The molecule has 2 atom stereocenters. The number of rotatable bonds is 6. The van der Waals surface area contributed by atoms with Crippen LogP contribution in [0.5, 0.6) is 5.75 Å². The molecule has 0 unspecified atom stereocenters. The second-order valence-corrected chi connectivity index (χ2v) is 7.47. The number of pyridine rings is 1. The summed E-state index contributed by atoms with van der Waals surface area (Å²) < 4.78 is 5.34. The van der Waals surface area contributed by atoms with Gasteiger partial charge in [-0.15, -0.1) is 0 Å². The summed E-state index contributed by atoms with van der Waals surface area (Å²) in [6, 6.07) is 11.5. The van der Waals surface area contributed by atoms with Crippen molar-refractivity contribution in [3.63, 3.8) is 0 Å². The lowest BCUT2D eigenvalue weighted by atomic mass is 9.88. The van der Waals surface area contributed by atoms with Crippen molar-refractivity contribution in [1.29, 1.82) is 0 Å². The Hall–Kier alpha value is -2.89. The number of ether oxygens (including phenoxy) is 1. The molecule has 0 radical (unpaired) electrons. The van der Waals surface area contributed by atoms with E-state index in [1.54, 1.807) is 19.5 Å². The van der Waals surface area contributed by atoms with E-state index in [1.807, 2.05) is 55.1 Å². The maximum absolute atomic E-state index is 13.0. The summed E-state index contributed by atoms with van der Waals surface area (Å²) in [6.45, 7) is 5.16. The molecule has 1 fully saturated rings. The molecule has 6 nitrogen and oxygen atoms in total. The molecule has 0 saturated carbocycles. The minimum Gasteiger partial charge on any atom is -0.497 e. The third-order valence-corrected chi connectivity index (χ3v) is 5.17. The lowest BCUT2D eigenvalue weighted by Gasteiger charge is -2.19. The topological polar surface area (TPSA) is 71.5 Å². The largest absolute Gasteiger partial charge is 0.497 e. The van der Waals surface area contributed by atoms with Crippen molar-refractivity contribution in [3.05, 3.63) is 59.9 Å². The number of nitrogens with zero attached hydrogens (tertiary/aromatic N) is 2. The SMILES string of the molecule is COc1cccc([C@H]2CN(C(=O)C(C)C)C[C@@H]2C(=O)NCc2cccnc2)c1. The molecule has 1 N–H and O–H groups in total. The number of carbonyl (C=O) groups excluding carboxylic acids is 2. The molecule has 28 heavy (non-hydrogen) atoms. The molecule has 2 amide bonds. The van der Waals surface area contributed by atoms with Crippen LogP contribution in [0.4, 0.5) is 0 Å². The summed E-state index contributed by atoms with van der Waals surface area (Å²) in [6.07, 6.45) is 3.44. The summed E-state index contributed by atoms with van der Waals surface area (Å²) in [7, 11) is 1.63. The van der Waals surface area contributed by atoms with Gasteiger partial charge in [0.1, 0.15) is 5.75 Å². The van der Waals surface area contributed by atoms with E-state index in [9.17, 15) is 9.59 Å². The van der Waals surface area contributed by atoms with Gasteiger partial charge in [0.05, 0.1) is 13.0 Å². The maximum atomic E-state index is 13.0. The molecule has 1 aliphatic rings. The second-order valence-electron chi connectivity index (χ2n) is 7.47. The van der Waals surface area contributed by atoms with Gasteiger partial charge in [0.2, 0.25) is 11.8 Å². The van der Waals surface area contributed by atoms with E-state index < -0.39 is 0 Å². The molecular formula is C22H27N3O3. The first-order chi connectivity index (χ1) is 13.5. The highest BCUT2D eigenvalue weighted by atomic mass is 16.5. The van der Waals surface area contributed by atoms with Crippen LogP contribution in [-0.4, -0.2) is 41.9 Å². The first-order valence-electron chi connectivity index (χ1n) is 9.59. The van der Waals surface area contributed by atoms with Crippen LogP contribution < -0.4 is 10.1 Å². The van der Waals surface area contributed by atoms with Gasteiger partial charge in [0, 0.05) is 43.9 Å². The van der Waals surface area contributed by atoms with E-state index in [0.717, 1.165) is 16.9 Å². The Labute approximate surface area is 165 Å². The number of hydrogen-bond donors (Lipinski definition) is 1. The zero-order chi connectivity index (χ0) is 20.1. The molecule has 1 aromatic heterocycles. The molecule has 2 heterocycles. The monoisotopic (exact) mass is 381 g/mol. The molecule has 0 bridgehead atoms. The zero-order valence-electron chi connectivity index (χ0n) is 16.6. The first kappa shape index (κ1) is 19.9. The number of amides is 2. The van der Waals surface area contributed by atoms with Gasteiger partial charge >= 0.3 is 0 Å². The van der Waals surface area contributed by atoms with Crippen molar-refractivity contribution in [2.24, 2.45) is 11.8 Å². The van der Waals surface area contributed by atoms with Gasteiger partial charge in [-0.05, 0) is 29.3 Å². The highest BCUT2D eigenvalue weighted by molar-refractivity contribution is 5.84. The molecule has 0 spiro atoms. The van der Waals surface area contributed by atoms with E-state index in [1.165, 1.54) is 0 Å². The van der Waals surface area contributed by atoms with Crippen LogP contribution in [0, 0.1) is 11.8 Å². The zero-order valence-corrected chi connectivity index (χ0v) is 16.6. The third-order valence-electron chi connectivity index (χ3n) is 5.17. The van der Waals surface area contributed by atoms with Crippen molar-refractivity contribution >= 4 is 11.8 Å². The fourth-order valence-corrected chi connectivity index (χ4v) is 3.65. The van der Waals surface area contributed by atoms with Crippen LogP contribution in [0.3, 0.4) is 0 Å². The van der Waals surface area contributed by atoms with Gasteiger partial charge in [0.25, 0.3) is 0 Å². The van der Waals surface area contributed by atoms with Gasteiger partial charge in [-0.25, -0.2) is 0 Å². The summed E-state index contributed by atoms with van der Waals surface area (Å²) in [5.74, 6) is 0.327. The van der Waals surface area contributed by atoms with Gasteiger partial charge in [-0.2, -0.15) is 0 Å². The lowest BCUT2D eigenvalue weighted by molar-refractivity contribution is -0.133. The van der Waals surface area contributed by atoms with Crippen LogP contribution >= 0.6 is 0 Å². The van der Waals surface area contributed by atoms with Crippen LogP contribution in [0.2, 0.25) is 0 Å². The van der Waals surface area contributed by atoms with Crippen molar-refractivity contribution in [2.45, 2.75) is 26.3 Å². The van der Waals surface area contributed by atoms with Crippen molar-refractivity contribution in [3.8, 4) is 5.75 Å². The Morgan fingerprint density at radius 1 is 1.25 bits per heavy atom. The Morgan fingerprint density at radius 2 is 2.07 bits per heavy atom. The summed E-state index contributed by atoms with van der Waals surface area (Å²) in [5, 5.41) is 3.01. The van der Waals surface area contributed by atoms with Gasteiger partial charge in [-0.1, -0.05) is 32.0 Å². The minimum atomic E-state index is -0.300. The Bertz CT molecular complexity index is 823. The van der Waals surface area contributed by atoms with Crippen molar-refractivity contribution in [2.75, 3.05) is 20.2 Å². The molecule has 6 heteroatoms. The number of carbonyl (C=O) groups is 2. The minimum absolute atomic E-state index is 0.0456. The normalized spacial score (nSPS) is 18.9. The fraction of sp³-hybridized carbons (Fsp3) is 0.409. The second kappa shape index (κ2) is 8.87. The molecule has 0 aliphatic carbocycles.